The predicted octanol–water partition coefficient (Wildman–Crippen LogP) is 4.10. The molecule has 1 atom stereocenters. The monoisotopic (exact) mass is 361 g/mol. The third kappa shape index (κ3) is 3.31. The zero-order valence-corrected chi connectivity index (χ0v) is 13.0. The minimum atomic E-state index is -4.62. The van der Waals surface area contributed by atoms with Crippen LogP contribution in [0.1, 0.15) is 19.3 Å². The molecule has 0 amide bonds. The number of alkyl halides is 3. The first-order valence-corrected chi connectivity index (χ1v) is 8.38. The third-order valence-electron chi connectivity index (χ3n) is 3.32. The predicted molar refractivity (Wildman–Crippen MR) is 74.0 cm³/mol. The fraction of sp³-hybridized carbons (Fsp3) is 0.500. The zero-order chi connectivity index (χ0) is 15.8. The number of hydrogen-bond acceptors (Lipinski definition) is 2. The van der Waals surface area contributed by atoms with Crippen molar-refractivity contribution in [3.8, 4) is 0 Å². The minimum absolute atomic E-state index is 0.186. The van der Waals surface area contributed by atoms with E-state index in [1.165, 1.54) is 18.2 Å². The Hall–Kier alpha value is -0.500. The first-order chi connectivity index (χ1) is 9.65. The molecule has 1 aromatic carbocycles. The minimum Gasteiger partial charge on any atom is -0.207 e. The van der Waals surface area contributed by atoms with Gasteiger partial charge in [-0.25, -0.2) is 8.42 Å². The molecule has 3 nitrogen and oxygen atoms in total. The summed E-state index contributed by atoms with van der Waals surface area (Å²) in [4.78, 5) is -0.468. The van der Waals surface area contributed by atoms with Crippen molar-refractivity contribution in [3.05, 3.63) is 28.2 Å². The number of benzene rings is 1. The Balaban J connectivity index is 2.51. The van der Waals surface area contributed by atoms with Crippen molar-refractivity contribution in [1.82, 2.24) is 4.31 Å². The molecule has 0 aromatic heterocycles. The molecule has 1 aliphatic rings. The first kappa shape index (κ1) is 16.9. The van der Waals surface area contributed by atoms with Crippen LogP contribution >= 0.6 is 23.2 Å². The van der Waals surface area contributed by atoms with Crippen molar-refractivity contribution in [2.45, 2.75) is 36.4 Å². The van der Waals surface area contributed by atoms with E-state index in [0.29, 0.717) is 17.1 Å². The van der Waals surface area contributed by atoms with Gasteiger partial charge in [0.25, 0.3) is 0 Å². The van der Waals surface area contributed by atoms with E-state index in [1.54, 1.807) is 0 Å². The van der Waals surface area contributed by atoms with E-state index in [4.69, 9.17) is 23.2 Å². The normalized spacial score (nSPS) is 21.5. The maximum Gasteiger partial charge on any atom is 0.405 e. The van der Waals surface area contributed by atoms with Gasteiger partial charge in [-0.3, -0.25) is 0 Å². The standard InChI is InChI=1S/C12H12Cl2F3NO2S/c13-8-4-3-5-9(14)11(8)21(19,20)18-7-2-1-6-10(18)12(15,16)17/h3-5,10H,1-2,6-7H2. The zero-order valence-electron chi connectivity index (χ0n) is 10.7. The van der Waals surface area contributed by atoms with Crippen LogP contribution in [0.2, 0.25) is 10.0 Å². The van der Waals surface area contributed by atoms with E-state index in [9.17, 15) is 21.6 Å². The number of hydrogen-bond donors (Lipinski definition) is 0. The molecule has 0 bridgehead atoms. The van der Waals surface area contributed by atoms with Crippen molar-refractivity contribution in [2.24, 2.45) is 0 Å². The van der Waals surface area contributed by atoms with Crippen molar-refractivity contribution in [3.63, 3.8) is 0 Å². The SMILES string of the molecule is O=S(=O)(c1c(Cl)cccc1Cl)N1CCCCC1C(F)(F)F. The largest absolute Gasteiger partial charge is 0.405 e. The molecule has 118 valence electrons. The van der Waals surface area contributed by atoms with Gasteiger partial charge in [0.1, 0.15) is 10.9 Å². The highest BCUT2D eigenvalue weighted by molar-refractivity contribution is 7.89. The first-order valence-electron chi connectivity index (χ1n) is 6.18. The molecule has 1 unspecified atom stereocenters. The lowest BCUT2D eigenvalue weighted by atomic mass is 10.0. The molecule has 1 aliphatic heterocycles. The topological polar surface area (TPSA) is 37.4 Å². The van der Waals surface area contributed by atoms with Crippen LogP contribution in [0.3, 0.4) is 0 Å². The van der Waals surface area contributed by atoms with Gasteiger partial charge < -0.3 is 0 Å². The molecule has 0 N–H and O–H groups in total. The van der Waals surface area contributed by atoms with Crippen LogP contribution in [-0.4, -0.2) is 31.5 Å². The average Bonchev–Trinajstić information content (AvgIpc) is 2.37. The van der Waals surface area contributed by atoms with Crippen molar-refractivity contribution in [2.75, 3.05) is 6.54 Å². The van der Waals surface area contributed by atoms with Gasteiger partial charge >= 0.3 is 6.18 Å². The van der Waals surface area contributed by atoms with Gasteiger partial charge in [0.05, 0.1) is 10.0 Å². The van der Waals surface area contributed by atoms with Crippen LogP contribution in [0, 0.1) is 0 Å². The molecule has 0 saturated carbocycles. The van der Waals surface area contributed by atoms with Gasteiger partial charge in [0.2, 0.25) is 10.0 Å². The van der Waals surface area contributed by atoms with Crippen LogP contribution in [0.15, 0.2) is 23.1 Å². The lowest BCUT2D eigenvalue weighted by molar-refractivity contribution is -0.177. The number of halogens is 5. The van der Waals surface area contributed by atoms with Gasteiger partial charge in [-0.2, -0.15) is 17.5 Å². The molecule has 0 aliphatic carbocycles. The number of sulfonamides is 1. The second kappa shape index (κ2) is 5.95. The summed E-state index contributed by atoms with van der Waals surface area (Å²) in [5, 5.41) is -0.372. The Morgan fingerprint density at radius 2 is 1.71 bits per heavy atom. The average molecular weight is 362 g/mol. The maximum atomic E-state index is 13.1. The summed E-state index contributed by atoms with van der Waals surface area (Å²) >= 11 is 11.6. The molecule has 21 heavy (non-hydrogen) atoms. The van der Waals surface area contributed by atoms with Crippen LogP contribution in [0.25, 0.3) is 0 Å². The molecule has 9 heteroatoms. The highest BCUT2D eigenvalue weighted by Gasteiger charge is 2.49. The van der Waals surface area contributed by atoms with Gasteiger partial charge in [0, 0.05) is 6.54 Å². The summed E-state index contributed by atoms with van der Waals surface area (Å²) in [5.41, 5.74) is 0. The quantitative estimate of drug-likeness (QED) is 0.795. The van der Waals surface area contributed by atoms with E-state index >= 15 is 0 Å². The number of nitrogens with zero attached hydrogens (tertiary/aromatic N) is 1. The Morgan fingerprint density at radius 1 is 1.14 bits per heavy atom. The van der Waals surface area contributed by atoms with Crippen molar-refractivity contribution in [1.29, 1.82) is 0 Å². The lowest BCUT2D eigenvalue weighted by Crippen LogP contribution is -2.51. The molecule has 0 radical (unpaired) electrons. The van der Waals surface area contributed by atoms with Gasteiger partial charge in [-0.05, 0) is 25.0 Å². The number of rotatable bonds is 2. The lowest BCUT2D eigenvalue weighted by Gasteiger charge is -2.35. The Morgan fingerprint density at radius 3 is 2.24 bits per heavy atom. The Bertz CT molecular complexity index is 614. The summed E-state index contributed by atoms with van der Waals surface area (Å²) in [6.07, 6.45) is -4.19. The van der Waals surface area contributed by atoms with Gasteiger partial charge in [-0.1, -0.05) is 35.7 Å². The second-order valence-corrected chi connectivity index (χ2v) is 7.36. The maximum absolute atomic E-state index is 13.1. The summed E-state index contributed by atoms with van der Waals surface area (Å²) in [6, 6.07) is 1.96. The molecule has 0 spiro atoms. The summed E-state index contributed by atoms with van der Waals surface area (Å²) in [6.45, 7) is -0.200. The van der Waals surface area contributed by atoms with E-state index in [0.717, 1.165) is 0 Å². The smallest absolute Gasteiger partial charge is 0.207 e. The van der Waals surface area contributed by atoms with E-state index in [2.05, 4.69) is 0 Å². The van der Waals surface area contributed by atoms with Crippen LogP contribution in [0.4, 0.5) is 13.2 Å². The van der Waals surface area contributed by atoms with E-state index in [-0.39, 0.29) is 23.0 Å². The second-order valence-electron chi connectivity index (χ2n) is 4.72. The van der Waals surface area contributed by atoms with E-state index < -0.39 is 27.1 Å². The molecule has 1 saturated heterocycles. The highest BCUT2D eigenvalue weighted by Crippen LogP contribution is 2.38. The number of piperidine rings is 1. The summed E-state index contributed by atoms with van der Waals surface area (Å²) in [5.74, 6) is 0. The molecular formula is C12H12Cl2F3NO2S. The van der Waals surface area contributed by atoms with Crippen molar-refractivity contribution < 1.29 is 21.6 Å². The van der Waals surface area contributed by atoms with Crippen molar-refractivity contribution >= 4 is 33.2 Å². The van der Waals surface area contributed by atoms with Crippen LogP contribution in [0.5, 0.6) is 0 Å². The fourth-order valence-electron chi connectivity index (χ4n) is 2.37. The molecule has 1 fully saturated rings. The van der Waals surface area contributed by atoms with Gasteiger partial charge in [0.15, 0.2) is 0 Å². The molecule has 2 rings (SSSR count). The van der Waals surface area contributed by atoms with Crippen LogP contribution < -0.4 is 0 Å². The molecular weight excluding hydrogens is 350 g/mol. The van der Waals surface area contributed by atoms with E-state index in [1.807, 2.05) is 0 Å². The fourth-order valence-corrected chi connectivity index (χ4v) is 5.14. The molecule has 1 aromatic rings. The highest BCUT2D eigenvalue weighted by atomic mass is 35.5. The summed E-state index contributed by atoms with van der Waals surface area (Å²) in [7, 11) is -4.41. The third-order valence-corrected chi connectivity index (χ3v) is 6.18. The summed E-state index contributed by atoms with van der Waals surface area (Å²) < 4.78 is 64.7. The Labute approximate surface area is 130 Å². The Kier molecular flexibility index (Phi) is 4.78. The molecule has 1 heterocycles. The van der Waals surface area contributed by atoms with Gasteiger partial charge in [-0.15, -0.1) is 0 Å². The van der Waals surface area contributed by atoms with Crippen LogP contribution in [-0.2, 0) is 10.0 Å².